The van der Waals surface area contributed by atoms with Crippen LogP contribution in [0.3, 0.4) is 0 Å². The zero-order valence-corrected chi connectivity index (χ0v) is 15.0. The third-order valence-electron chi connectivity index (χ3n) is 4.51. The molecule has 3 rings (SSSR count). The average molecular weight is 351 g/mol. The van der Waals surface area contributed by atoms with Crippen molar-refractivity contribution in [3.05, 3.63) is 64.5 Å². The number of fused-ring (bicyclic) bond motifs is 1. The van der Waals surface area contributed by atoms with E-state index >= 15 is 0 Å². The molecule has 3 N–H and O–H groups in total. The SMILES string of the molecule is COc1ccnc(N)c1/C=C(\C)C1=CN(C)c2ccc(C(=O)O)cc2C1. The molecule has 0 unspecified atom stereocenters. The molecule has 0 radical (unpaired) electrons. The first-order valence-electron chi connectivity index (χ1n) is 8.17. The second-order valence-electron chi connectivity index (χ2n) is 6.23. The summed E-state index contributed by atoms with van der Waals surface area (Å²) in [5.74, 6) is 0.142. The number of benzene rings is 1. The molecule has 1 aliphatic heterocycles. The first-order chi connectivity index (χ1) is 12.4. The summed E-state index contributed by atoms with van der Waals surface area (Å²) in [6.45, 7) is 2.00. The van der Waals surface area contributed by atoms with Gasteiger partial charge in [-0.2, -0.15) is 0 Å². The third kappa shape index (κ3) is 3.26. The Labute approximate surface area is 152 Å². The molecule has 0 atom stereocenters. The Bertz CT molecular complexity index is 932. The molecule has 1 aliphatic rings. The number of carboxylic acids is 1. The summed E-state index contributed by atoms with van der Waals surface area (Å²) in [6.07, 6.45) is 6.25. The second kappa shape index (κ2) is 6.92. The maximum Gasteiger partial charge on any atom is 0.335 e. The van der Waals surface area contributed by atoms with Crippen molar-refractivity contribution >= 4 is 23.6 Å². The minimum Gasteiger partial charge on any atom is -0.496 e. The Morgan fingerprint density at radius 3 is 2.85 bits per heavy atom. The van der Waals surface area contributed by atoms with Crippen molar-refractivity contribution in [1.29, 1.82) is 0 Å². The molecule has 26 heavy (non-hydrogen) atoms. The summed E-state index contributed by atoms with van der Waals surface area (Å²) in [5.41, 5.74) is 11.1. The number of aromatic nitrogens is 1. The molecule has 1 aromatic carbocycles. The van der Waals surface area contributed by atoms with Crippen LogP contribution in [0.4, 0.5) is 11.5 Å². The molecule has 1 aromatic heterocycles. The predicted molar refractivity (Wildman–Crippen MR) is 102 cm³/mol. The summed E-state index contributed by atoms with van der Waals surface area (Å²) in [6, 6.07) is 6.96. The number of nitrogens with zero attached hydrogens (tertiary/aromatic N) is 2. The number of nitrogen functional groups attached to an aromatic ring is 1. The normalized spacial score (nSPS) is 13.9. The van der Waals surface area contributed by atoms with Crippen molar-refractivity contribution in [3.8, 4) is 5.75 Å². The smallest absolute Gasteiger partial charge is 0.335 e. The number of allylic oxidation sites excluding steroid dienone is 2. The number of pyridine rings is 1. The Kier molecular flexibility index (Phi) is 4.67. The van der Waals surface area contributed by atoms with Crippen LogP contribution in [-0.2, 0) is 6.42 Å². The van der Waals surface area contributed by atoms with Crippen LogP contribution < -0.4 is 15.4 Å². The van der Waals surface area contributed by atoms with Gasteiger partial charge in [0.05, 0.1) is 18.2 Å². The molecular weight excluding hydrogens is 330 g/mol. The van der Waals surface area contributed by atoms with Crippen LogP contribution >= 0.6 is 0 Å². The zero-order chi connectivity index (χ0) is 18.8. The van der Waals surface area contributed by atoms with Gasteiger partial charge in [-0.3, -0.25) is 0 Å². The molecular formula is C20H21N3O3. The van der Waals surface area contributed by atoms with E-state index in [1.165, 1.54) is 0 Å². The number of hydrogen-bond donors (Lipinski definition) is 2. The van der Waals surface area contributed by atoms with Crippen molar-refractivity contribution in [3.63, 3.8) is 0 Å². The molecule has 0 bridgehead atoms. The molecule has 134 valence electrons. The van der Waals surface area contributed by atoms with E-state index in [0.29, 0.717) is 23.6 Å². The Hall–Kier alpha value is -3.28. The van der Waals surface area contributed by atoms with Crippen LogP contribution in [0.1, 0.15) is 28.4 Å². The molecule has 0 fully saturated rings. The third-order valence-corrected chi connectivity index (χ3v) is 4.51. The number of rotatable bonds is 4. The summed E-state index contributed by atoms with van der Waals surface area (Å²) in [5, 5.41) is 9.24. The topological polar surface area (TPSA) is 88.7 Å². The van der Waals surface area contributed by atoms with Crippen LogP contribution in [0.25, 0.3) is 6.08 Å². The standard InChI is InChI=1S/C20H21N3O3/c1-12(8-16-18(26-3)6-7-22-19(16)21)15-10-14-9-13(20(24)25)4-5-17(14)23(2)11-15/h4-9,11H,10H2,1-3H3,(H2,21,22)(H,24,25)/b12-8+. The van der Waals surface area contributed by atoms with Gasteiger partial charge in [-0.15, -0.1) is 0 Å². The van der Waals surface area contributed by atoms with Crippen molar-refractivity contribution in [2.24, 2.45) is 0 Å². The highest BCUT2D eigenvalue weighted by Crippen LogP contribution is 2.33. The van der Waals surface area contributed by atoms with Gasteiger partial charge in [-0.05, 0) is 54.0 Å². The largest absolute Gasteiger partial charge is 0.496 e. The lowest BCUT2D eigenvalue weighted by Crippen LogP contribution is -2.18. The van der Waals surface area contributed by atoms with Gasteiger partial charge >= 0.3 is 5.97 Å². The highest BCUT2D eigenvalue weighted by Gasteiger charge is 2.18. The number of hydrogen-bond acceptors (Lipinski definition) is 5. The number of ether oxygens (including phenoxy) is 1. The lowest BCUT2D eigenvalue weighted by atomic mass is 9.93. The lowest BCUT2D eigenvalue weighted by Gasteiger charge is -2.27. The van der Waals surface area contributed by atoms with E-state index in [-0.39, 0.29) is 0 Å². The zero-order valence-electron chi connectivity index (χ0n) is 15.0. The van der Waals surface area contributed by atoms with E-state index in [2.05, 4.69) is 4.98 Å². The van der Waals surface area contributed by atoms with E-state index in [0.717, 1.165) is 28.0 Å². The predicted octanol–water partition coefficient (Wildman–Crippen LogP) is 3.35. The quantitative estimate of drug-likeness (QED) is 0.878. The second-order valence-corrected chi connectivity index (χ2v) is 6.23. The van der Waals surface area contributed by atoms with Gasteiger partial charge in [0.2, 0.25) is 0 Å². The van der Waals surface area contributed by atoms with Crippen LogP contribution in [0.5, 0.6) is 5.75 Å². The minimum atomic E-state index is -0.924. The lowest BCUT2D eigenvalue weighted by molar-refractivity contribution is 0.0697. The molecule has 0 spiro atoms. The van der Waals surface area contributed by atoms with E-state index in [1.54, 1.807) is 31.5 Å². The Balaban J connectivity index is 1.98. The molecule has 6 nitrogen and oxygen atoms in total. The molecule has 0 amide bonds. The van der Waals surface area contributed by atoms with Crippen LogP contribution in [0.2, 0.25) is 0 Å². The van der Waals surface area contributed by atoms with E-state index < -0.39 is 5.97 Å². The van der Waals surface area contributed by atoms with E-state index in [1.807, 2.05) is 37.2 Å². The number of methoxy groups -OCH3 is 1. The minimum absolute atomic E-state index is 0.290. The molecule has 2 heterocycles. The van der Waals surface area contributed by atoms with Gasteiger partial charge < -0.3 is 20.5 Å². The molecule has 6 heteroatoms. The van der Waals surface area contributed by atoms with Crippen LogP contribution in [0.15, 0.2) is 47.8 Å². The molecule has 0 saturated carbocycles. The van der Waals surface area contributed by atoms with E-state index in [9.17, 15) is 9.90 Å². The summed E-state index contributed by atoms with van der Waals surface area (Å²) in [4.78, 5) is 17.4. The van der Waals surface area contributed by atoms with E-state index in [4.69, 9.17) is 10.5 Å². The monoisotopic (exact) mass is 351 g/mol. The van der Waals surface area contributed by atoms with Crippen LogP contribution in [0, 0.1) is 0 Å². The maximum atomic E-state index is 11.3. The number of aromatic carboxylic acids is 1. The Morgan fingerprint density at radius 1 is 1.38 bits per heavy atom. The number of carboxylic acid groups (broad SMARTS) is 1. The van der Waals surface area contributed by atoms with Gasteiger partial charge in [-0.1, -0.05) is 0 Å². The molecule has 2 aromatic rings. The van der Waals surface area contributed by atoms with Crippen molar-refractivity contribution < 1.29 is 14.6 Å². The first kappa shape index (κ1) is 17.5. The molecule has 0 aliphatic carbocycles. The fourth-order valence-electron chi connectivity index (χ4n) is 3.10. The van der Waals surface area contributed by atoms with Gasteiger partial charge in [0.15, 0.2) is 0 Å². The number of nitrogens with two attached hydrogens (primary N) is 1. The van der Waals surface area contributed by atoms with Gasteiger partial charge in [0.1, 0.15) is 11.6 Å². The van der Waals surface area contributed by atoms with Crippen molar-refractivity contribution in [2.45, 2.75) is 13.3 Å². The summed E-state index contributed by atoms with van der Waals surface area (Å²) >= 11 is 0. The fraction of sp³-hybridized carbons (Fsp3) is 0.200. The van der Waals surface area contributed by atoms with Gasteiger partial charge in [0.25, 0.3) is 0 Å². The highest BCUT2D eigenvalue weighted by atomic mass is 16.5. The Morgan fingerprint density at radius 2 is 2.15 bits per heavy atom. The summed E-state index contributed by atoms with van der Waals surface area (Å²) < 4.78 is 5.37. The van der Waals surface area contributed by atoms with Crippen molar-refractivity contribution in [1.82, 2.24) is 4.98 Å². The highest BCUT2D eigenvalue weighted by molar-refractivity contribution is 5.89. The van der Waals surface area contributed by atoms with Crippen molar-refractivity contribution in [2.75, 3.05) is 24.8 Å². The number of anilines is 2. The molecule has 0 saturated heterocycles. The first-order valence-corrected chi connectivity index (χ1v) is 8.17. The van der Waals surface area contributed by atoms with Gasteiger partial charge in [-0.25, -0.2) is 9.78 Å². The fourth-order valence-corrected chi connectivity index (χ4v) is 3.10. The maximum absolute atomic E-state index is 11.3. The summed E-state index contributed by atoms with van der Waals surface area (Å²) in [7, 11) is 3.55. The average Bonchev–Trinajstić information content (AvgIpc) is 2.62. The van der Waals surface area contributed by atoms with Gasteiger partial charge in [0, 0.05) is 31.6 Å². The van der Waals surface area contributed by atoms with Crippen LogP contribution in [-0.4, -0.2) is 30.2 Å². The number of carbonyl (C=O) groups is 1.